The molecule has 6 heteroatoms. The van der Waals surface area contributed by atoms with Gasteiger partial charge in [-0.1, -0.05) is 230 Å². The number of carbonyl (C=O) groups excluding carboxylic acids is 3. The summed E-state index contributed by atoms with van der Waals surface area (Å²) in [6, 6.07) is 0. The molecule has 0 aromatic heterocycles. The van der Waals surface area contributed by atoms with Crippen LogP contribution in [-0.2, 0) is 28.6 Å². The Morgan fingerprint density at radius 1 is 0.282 bits per heavy atom. The number of ether oxygens (including phenoxy) is 3. The molecule has 1 unspecified atom stereocenters. The molecule has 0 spiro atoms. The van der Waals surface area contributed by atoms with Crippen molar-refractivity contribution in [3.05, 3.63) is 158 Å². The highest BCUT2D eigenvalue weighted by Crippen LogP contribution is 2.13. The van der Waals surface area contributed by atoms with Crippen molar-refractivity contribution in [2.45, 2.75) is 219 Å². The fraction of sp³-hybridized carbons (Fsp3) is 0.554. The Hall–Kier alpha value is -4.97. The lowest BCUT2D eigenvalue weighted by molar-refractivity contribution is -0.166. The molecule has 0 fully saturated rings. The monoisotopic (exact) mass is 977 g/mol. The fourth-order valence-corrected chi connectivity index (χ4v) is 6.95. The summed E-state index contributed by atoms with van der Waals surface area (Å²) in [4.78, 5) is 38.1. The summed E-state index contributed by atoms with van der Waals surface area (Å²) in [6.45, 7) is 6.16. The third-order valence-corrected chi connectivity index (χ3v) is 11.0. The van der Waals surface area contributed by atoms with Crippen LogP contribution in [0.2, 0.25) is 0 Å². The molecule has 71 heavy (non-hydrogen) atoms. The molecule has 0 saturated carbocycles. The Balaban J connectivity index is 4.51. The highest BCUT2D eigenvalue weighted by atomic mass is 16.6. The summed E-state index contributed by atoms with van der Waals surface area (Å²) in [5.41, 5.74) is 0. The average Bonchev–Trinajstić information content (AvgIpc) is 3.37. The van der Waals surface area contributed by atoms with Crippen LogP contribution in [0.25, 0.3) is 0 Å². The van der Waals surface area contributed by atoms with Crippen LogP contribution >= 0.6 is 0 Å². The van der Waals surface area contributed by atoms with Crippen molar-refractivity contribution in [3.63, 3.8) is 0 Å². The third kappa shape index (κ3) is 55.8. The number of hydrogen-bond acceptors (Lipinski definition) is 6. The van der Waals surface area contributed by atoms with E-state index in [2.05, 4.69) is 167 Å². The van der Waals surface area contributed by atoms with E-state index in [4.69, 9.17) is 14.2 Å². The average molecular weight is 978 g/mol. The van der Waals surface area contributed by atoms with Crippen molar-refractivity contribution in [2.24, 2.45) is 0 Å². The molecule has 0 bridgehead atoms. The van der Waals surface area contributed by atoms with Crippen molar-refractivity contribution in [2.75, 3.05) is 13.2 Å². The van der Waals surface area contributed by atoms with Gasteiger partial charge in [0, 0.05) is 19.3 Å². The maximum atomic E-state index is 12.8. The van der Waals surface area contributed by atoms with E-state index < -0.39 is 12.1 Å². The van der Waals surface area contributed by atoms with Crippen molar-refractivity contribution >= 4 is 17.9 Å². The summed E-state index contributed by atoms with van der Waals surface area (Å²) < 4.78 is 16.7. The Bertz CT molecular complexity index is 1640. The van der Waals surface area contributed by atoms with E-state index in [0.717, 1.165) is 109 Å². The van der Waals surface area contributed by atoms with Crippen molar-refractivity contribution in [1.82, 2.24) is 0 Å². The molecule has 6 nitrogen and oxygen atoms in total. The van der Waals surface area contributed by atoms with Gasteiger partial charge < -0.3 is 14.2 Å². The van der Waals surface area contributed by atoms with Crippen LogP contribution in [-0.4, -0.2) is 37.2 Å². The zero-order valence-electron chi connectivity index (χ0n) is 45.2. The number of hydrogen-bond donors (Lipinski definition) is 0. The lowest BCUT2D eigenvalue weighted by atomic mass is 10.1. The molecule has 0 N–H and O–H groups in total. The molecule has 0 amide bonds. The smallest absolute Gasteiger partial charge is 0.306 e. The summed E-state index contributed by atoms with van der Waals surface area (Å²) in [7, 11) is 0. The second kappa shape index (κ2) is 57.6. The molecule has 0 heterocycles. The number of allylic oxidation sites excluding steroid dienone is 26. The van der Waals surface area contributed by atoms with Crippen LogP contribution in [0.3, 0.4) is 0 Å². The summed E-state index contributed by atoms with van der Waals surface area (Å²) in [5, 5.41) is 0. The van der Waals surface area contributed by atoms with E-state index in [1.54, 1.807) is 0 Å². The van der Waals surface area contributed by atoms with Crippen LogP contribution in [0.15, 0.2) is 158 Å². The van der Waals surface area contributed by atoms with Gasteiger partial charge in [-0.3, -0.25) is 14.4 Å². The lowest BCUT2D eigenvalue weighted by Gasteiger charge is -2.18. The Kier molecular flexibility index (Phi) is 53.6. The van der Waals surface area contributed by atoms with Crippen molar-refractivity contribution in [3.8, 4) is 0 Å². The zero-order chi connectivity index (χ0) is 51.4. The molecule has 396 valence electrons. The summed E-state index contributed by atoms with van der Waals surface area (Å²) >= 11 is 0. The standard InChI is InChI=1S/C65H100O6/c1-4-7-10-13-16-19-22-25-27-29-30-31-32-33-34-36-37-40-43-46-49-52-55-58-64(67)70-61-62(60-69-63(66)57-54-51-48-45-42-39-24-21-18-15-12-9-6-3)71-65(68)59-56-53-50-47-44-41-38-35-28-26-23-20-17-14-11-8-5-2/h7-12,16-21,25-28,30-31,38-39,41-42,47-48,50-51,62H,4-6,13-15,22-24,29,32-37,40,43-46,49,52-61H2,1-3H3/b10-7-,11-8-,12-9-,19-16-,20-17-,21-18-,27-25-,28-26-,31-30-,41-38-,42-39-,50-47-,51-48-. The maximum Gasteiger partial charge on any atom is 0.306 e. The molecule has 0 aliphatic carbocycles. The molecule has 1 atom stereocenters. The van der Waals surface area contributed by atoms with Crippen LogP contribution < -0.4 is 0 Å². The molecule has 0 aliphatic heterocycles. The van der Waals surface area contributed by atoms with Gasteiger partial charge in [0.05, 0.1) is 0 Å². The van der Waals surface area contributed by atoms with Crippen LogP contribution in [0.5, 0.6) is 0 Å². The number of esters is 3. The van der Waals surface area contributed by atoms with Crippen LogP contribution in [0, 0.1) is 0 Å². The summed E-state index contributed by atoms with van der Waals surface area (Å²) in [5.74, 6) is -1.09. The maximum absolute atomic E-state index is 12.8. The van der Waals surface area contributed by atoms with Crippen molar-refractivity contribution in [1.29, 1.82) is 0 Å². The van der Waals surface area contributed by atoms with Crippen LogP contribution in [0.4, 0.5) is 0 Å². The van der Waals surface area contributed by atoms with E-state index in [-0.39, 0.29) is 38.0 Å². The first-order chi connectivity index (χ1) is 35.0. The highest BCUT2D eigenvalue weighted by molar-refractivity contribution is 5.71. The predicted octanol–water partition coefficient (Wildman–Crippen LogP) is 19.0. The van der Waals surface area contributed by atoms with Gasteiger partial charge in [-0.25, -0.2) is 0 Å². The van der Waals surface area contributed by atoms with E-state index in [1.807, 2.05) is 12.2 Å². The SMILES string of the molecule is CC/C=C\C/C=C\C/C=C\C/C=C\C/C=C\CCCC(=O)OC(COC(=O)CC/C=C\C/C=C\C/C=C\C/C=C\CC)COC(=O)CCCCCCCCCCCC/C=C\C/C=C\C/C=C\C/C=C\CC. The minimum atomic E-state index is -0.846. The van der Waals surface area contributed by atoms with Gasteiger partial charge in [-0.2, -0.15) is 0 Å². The first kappa shape index (κ1) is 66.0. The van der Waals surface area contributed by atoms with E-state index in [0.29, 0.717) is 19.3 Å². The Labute approximate surface area is 435 Å². The third-order valence-electron chi connectivity index (χ3n) is 11.0. The topological polar surface area (TPSA) is 78.9 Å². The second-order valence-corrected chi connectivity index (χ2v) is 17.7. The first-order valence-corrected chi connectivity index (χ1v) is 28.0. The molecule has 0 aliphatic rings. The molecular formula is C65H100O6. The zero-order valence-corrected chi connectivity index (χ0v) is 45.2. The normalized spacial score (nSPS) is 13.3. The lowest BCUT2D eigenvalue weighted by Crippen LogP contribution is -2.30. The van der Waals surface area contributed by atoms with E-state index in [1.165, 1.54) is 51.4 Å². The number of unbranched alkanes of at least 4 members (excludes halogenated alkanes) is 11. The minimum absolute atomic E-state index is 0.132. The van der Waals surface area contributed by atoms with E-state index >= 15 is 0 Å². The Morgan fingerprint density at radius 2 is 0.549 bits per heavy atom. The number of rotatable bonds is 48. The van der Waals surface area contributed by atoms with Gasteiger partial charge in [0.1, 0.15) is 13.2 Å². The largest absolute Gasteiger partial charge is 0.462 e. The van der Waals surface area contributed by atoms with Crippen LogP contribution in [0.1, 0.15) is 213 Å². The first-order valence-electron chi connectivity index (χ1n) is 28.0. The molecule has 0 rings (SSSR count). The summed E-state index contributed by atoms with van der Waals surface area (Å²) in [6.07, 6.45) is 84.0. The van der Waals surface area contributed by atoms with Gasteiger partial charge in [-0.05, 0) is 122 Å². The predicted molar refractivity (Wildman–Crippen MR) is 306 cm³/mol. The van der Waals surface area contributed by atoms with Gasteiger partial charge in [0.25, 0.3) is 0 Å². The quantitative estimate of drug-likeness (QED) is 0.0262. The molecule has 0 radical (unpaired) electrons. The van der Waals surface area contributed by atoms with Gasteiger partial charge in [0.2, 0.25) is 0 Å². The molecule has 0 aromatic carbocycles. The highest BCUT2D eigenvalue weighted by Gasteiger charge is 2.19. The van der Waals surface area contributed by atoms with Crippen molar-refractivity contribution < 1.29 is 28.6 Å². The number of carbonyl (C=O) groups is 3. The molecular weight excluding hydrogens is 877 g/mol. The van der Waals surface area contributed by atoms with Gasteiger partial charge in [0.15, 0.2) is 6.10 Å². The molecule has 0 saturated heterocycles. The Morgan fingerprint density at radius 3 is 0.915 bits per heavy atom. The minimum Gasteiger partial charge on any atom is -0.462 e. The van der Waals surface area contributed by atoms with Gasteiger partial charge >= 0.3 is 17.9 Å². The van der Waals surface area contributed by atoms with E-state index in [9.17, 15) is 14.4 Å². The molecule has 0 aromatic rings. The fourth-order valence-electron chi connectivity index (χ4n) is 6.95. The van der Waals surface area contributed by atoms with Gasteiger partial charge in [-0.15, -0.1) is 0 Å². The second-order valence-electron chi connectivity index (χ2n) is 17.7.